The predicted molar refractivity (Wildman–Crippen MR) is 48.9 cm³/mol. The summed E-state index contributed by atoms with van der Waals surface area (Å²) in [4.78, 5) is 32.7. The summed E-state index contributed by atoms with van der Waals surface area (Å²) in [6.45, 7) is 3.39. The van der Waals surface area contributed by atoms with Crippen LogP contribution in [0.2, 0.25) is 0 Å². The molecule has 0 atom stereocenters. The first kappa shape index (κ1) is 12.7. The maximum absolute atomic E-state index is 11.3. The highest BCUT2D eigenvalue weighted by Crippen LogP contribution is 1.99. The van der Waals surface area contributed by atoms with Gasteiger partial charge < -0.3 is 9.74 Å². The van der Waals surface area contributed by atoms with Gasteiger partial charge in [0, 0.05) is 21.0 Å². The number of hydrogen-bond acceptors (Lipinski definition) is 4. The minimum absolute atomic E-state index is 0.312. The lowest BCUT2D eigenvalue weighted by Crippen LogP contribution is -2.40. The molecule has 14 heavy (non-hydrogen) atoms. The Labute approximate surface area is 83.3 Å². The van der Waals surface area contributed by atoms with Crippen LogP contribution in [0.3, 0.4) is 0 Å². The molecular formula is C8H16N2O4. The van der Waals surface area contributed by atoms with Crippen molar-refractivity contribution in [1.29, 1.82) is 0 Å². The molecule has 0 aliphatic heterocycles. The topological polar surface area (TPSA) is 59.1 Å². The highest BCUT2D eigenvalue weighted by molar-refractivity contribution is 5.74. The molecule has 0 radical (unpaired) electrons. The van der Waals surface area contributed by atoms with Gasteiger partial charge in [-0.2, -0.15) is 0 Å². The monoisotopic (exact) mass is 204 g/mol. The summed E-state index contributed by atoms with van der Waals surface area (Å²) >= 11 is 0. The Morgan fingerprint density at radius 1 is 1.29 bits per heavy atom. The molecule has 0 fully saturated rings. The Bertz CT molecular complexity index is 206. The van der Waals surface area contributed by atoms with E-state index in [0.717, 1.165) is 6.42 Å². The van der Waals surface area contributed by atoms with Crippen molar-refractivity contribution < 1.29 is 19.3 Å². The number of amides is 2. The van der Waals surface area contributed by atoms with Crippen LogP contribution in [-0.4, -0.2) is 42.8 Å². The van der Waals surface area contributed by atoms with E-state index in [1.165, 1.54) is 25.9 Å². The second kappa shape index (κ2) is 6.20. The van der Waals surface area contributed by atoms with Crippen molar-refractivity contribution in [2.45, 2.75) is 20.3 Å². The molecular weight excluding hydrogens is 188 g/mol. The van der Waals surface area contributed by atoms with Crippen molar-refractivity contribution in [3.8, 4) is 0 Å². The molecule has 0 unspecified atom stereocenters. The minimum Gasteiger partial charge on any atom is -0.326 e. The summed E-state index contributed by atoms with van der Waals surface area (Å²) in [5.41, 5.74) is 0. The van der Waals surface area contributed by atoms with Crippen LogP contribution in [0.15, 0.2) is 0 Å². The molecule has 0 saturated carbocycles. The molecule has 0 N–H and O–H groups in total. The van der Waals surface area contributed by atoms with Crippen LogP contribution in [0.25, 0.3) is 0 Å². The summed E-state index contributed by atoms with van der Waals surface area (Å²) < 4.78 is 0. The van der Waals surface area contributed by atoms with E-state index >= 15 is 0 Å². The van der Waals surface area contributed by atoms with Gasteiger partial charge >= 0.3 is 12.0 Å². The van der Waals surface area contributed by atoms with E-state index in [9.17, 15) is 9.59 Å². The quantitative estimate of drug-likeness (QED) is 0.638. The maximum Gasteiger partial charge on any atom is 0.379 e. The van der Waals surface area contributed by atoms with Crippen LogP contribution in [0.5, 0.6) is 0 Å². The van der Waals surface area contributed by atoms with Crippen molar-refractivity contribution in [3.05, 3.63) is 0 Å². The lowest BCUT2D eigenvalue weighted by atomic mass is 10.5. The van der Waals surface area contributed by atoms with Gasteiger partial charge in [-0.1, -0.05) is 6.92 Å². The predicted octanol–water partition coefficient (Wildman–Crippen LogP) is 0.790. The Morgan fingerprint density at radius 2 is 1.86 bits per heavy atom. The third kappa shape index (κ3) is 4.66. The van der Waals surface area contributed by atoms with Gasteiger partial charge in [0.05, 0.1) is 6.61 Å². The number of rotatable bonds is 3. The summed E-state index contributed by atoms with van der Waals surface area (Å²) in [5.74, 6) is -0.601. The lowest BCUT2D eigenvalue weighted by molar-refractivity contribution is -0.309. The van der Waals surface area contributed by atoms with E-state index in [0.29, 0.717) is 11.8 Å². The van der Waals surface area contributed by atoms with Gasteiger partial charge in [-0.3, -0.25) is 0 Å². The standard InChI is InChI=1S/C8H16N2O4/c1-5-6-13-10(14-7(2)11)8(12)9(3)4/h5-6H2,1-4H3. The van der Waals surface area contributed by atoms with E-state index in [-0.39, 0.29) is 0 Å². The van der Waals surface area contributed by atoms with Crippen LogP contribution in [0.1, 0.15) is 20.3 Å². The number of nitrogens with zero attached hydrogens (tertiary/aromatic N) is 2. The number of hydrogen-bond donors (Lipinski definition) is 0. The summed E-state index contributed by atoms with van der Waals surface area (Å²) in [6, 6.07) is -0.534. The Balaban J connectivity index is 4.22. The first-order chi connectivity index (χ1) is 6.49. The van der Waals surface area contributed by atoms with E-state index < -0.39 is 12.0 Å². The van der Waals surface area contributed by atoms with E-state index in [1.807, 2.05) is 6.92 Å². The normalized spacial score (nSPS) is 9.43. The minimum atomic E-state index is -0.601. The van der Waals surface area contributed by atoms with Gasteiger partial charge in [0.2, 0.25) is 0 Å². The van der Waals surface area contributed by atoms with Crippen LogP contribution < -0.4 is 0 Å². The Hall–Kier alpha value is -1.30. The zero-order chi connectivity index (χ0) is 11.1. The third-order valence-corrected chi connectivity index (χ3v) is 1.16. The van der Waals surface area contributed by atoms with Gasteiger partial charge in [0.15, 0.2) is 0 Å². The fourth-order valence-corrected chi connectivity index (χ4v) is 0.575. The smallest absolute Gasteiger partial charge is 0.326 e. The molecule has 0 rings (SSSR count). The van der Waals surface area contributed by atoms with Crippen LogP contribution in [-0.2, 0) is 14.5 Å². The van der Waals surface area contributed by atoms with E-state index in [4.69, 9.17) is 4.84 Å². The Kier molecular flexibility index (Phi) is 5.62. The number of carbonyl (C=O) groups excluding carboxylic acids is 2. The fraction of sp³-hybridized carbons (Fsp3) is 0.750. The SMILES string of the molecule is CCCON(OC(C)=O)C(=O)N(C)C. The first-order valence-electron chi connectivity index (χ1n) is 4.31. The molecule has 0 aromatic carbocycles. The van der Waals surface area contributed by atoms with Crippen molar-refractivity contribution in [3.63, 3.8) is 0 Å². The van der Waals surface area contributed by atoms with Crippen molar-refractivity contribution in [2.75, 3.05) is 20.7 Å². The number of urea groups is 1. The van der Waals surface area contributed by atoms with Crippen LogP contribution in [0.4, 0.5) is 4.79 Å². The first-order valence-corrected chi connectivity index (χ1v) is 4.31. The molecule has 0 aliphatic rings. The number of hydroxylamine groups is 2. The fourth-order valence-electron chi connectivity index (χ4n) is 0.575. The second-order valence-corrected chi connectivity index (χ2v) is 2.85. The molecule has 0 aromatic heterocycles. The highest BCUT2D eigenvalue weighted by atomic mass is 17.0. The van der Waals surface area contributed by atoms with Crippen LogP contribution in [0, 0.1) is 0 Å². The van der Waals surface area contributed by atoms with Gasteiger partial charge in [-0.25, -0.2) is 14.4 Å². The van der Waals surface area contributed by atoms with Gasteiger partial charge in [-0.15, -0.1) is 0 Å². The summed E-state index contributed by atoms with van der Waals surface area (Å²) in [5, 5.41) is 0.589. The number of carbonyl (C=O) groups is 2. The molecule has 0 aromatic rings. The van der Waals surface area contributed by atoms with Gasteiger partial charge in [0.25, 0.3) is 0 Å². The summed E-state index contributed by atoms with van der Waals surface area (Å²) in [7, 11) is 3.07. The molecule has 6 nitrogen and oxygen atoms in total. The second-order valence-electron chi connectivity index (χ2n) is 2.85. The maximum atomic E-state index is 11.3. The van der Waals surface area contributed by atoms with Gasteiger partial charge in [0.1, 0.15) is 0 Å². The van der Waals surface area contributed by atoms with E-state index in [1.54, 1.807) is 0 Å². The largest absolute Gasteiger partial charge is 0.379 e. The van der Waals surface area contributed by atoms with E-state index in [2.05, 4.69) is 4.84 Å². The molecule has 0 bridgehead atoms. The molecule has 0 heterocycles. The lowest BCUT2D eigenvalue weighted by Gasteiger charge is -2.21. The van der Waals surface area contributed by atoms with Crippen molar-refractivity contribution in [2.24, 2.45) is 0 Å². The summed E-state index contributed by atoms with van der Waals surface area (Å²) in [6.07, 6.45) is 0.721. The third-order valence-electron chi connectivity index (χ3n) is 1.16. The molecule has 82 valence electrons. The molecule has 0 saturated heterocycles. The average Bonchev–Trinajstić information content (AvgIpc) is 2.10. The van der Waals surface area contributed by atoms with Gasteiger partial charge in [-0.05, 0) is 11.6 Å². The highest BCUT2D eigenvalue weighted by Gasteiger charge is 2.19. The average molecular weight is 204 g/mol. The molecule has 0 spiro atoms. The molecule has 2 amide bonds. The van der Waals surface area contributed by atoms with Crippen molar-refractivity contribution >= 4 is 12.0 Å². The Morgan fingerprint density at radius 3 is 2.21 bits per heavy atom. The molecule has 6 heteroatoms. The van der Waals surface area contributed by atoms with Crippen LogP contribution >= 0.6 is 0 Å². The molecule has 0 aliphatic carbocycles. The zero-order valence-corrected chi connectivity index (χ0v) is 8.94. The van der Waals surface area contributed by atoms with Crippen molar-refractivity contribution in [1.82, 2.24) is 10.1 Å². The zero-order valence-electron chi connectivity index (χ0n) is 8.94.